The second-order valence-corrected chi connectivity index (χ2v) is 15.2. The van der Waals surface area contributed by atoms with Gasteiger partial charge in [-0.1, -0.05) is 94.6 Å². The topological polar surface area (TPSA) is 21.3 Å². The summed E-state index contributed by atoms with van der Waals surface area (Å²) in [4.78, 5) is 0. The van der Waals surface area contributed by atoms with Crippen LogP contribution in [0.25, 0.3) is 0 Å². The van der Waals surface area contributed by atoms with Crippen molar-refractivity contribution >= 4 is 14.9 Å². The Hall–Kier alpha value is -0.838. The van der Waals surface area contributed by atoms with E-state index in [0.29, 0.717) is 6.85 Å². The Labute approximate surface area is 168 Å². The predicted molar refractivity (Wildman–Crippen MR) is 121 cm³/mol. The van der Waals surface area contributed by atoms with Crippen molar-refractivity contribution in [3.05, 3.63) is 48.6 Å². The molecule has 2 aliphatic heterocycles. The quantitative estimate of drug-likeness (QED) is 0.453. The van der Waals surface area contributed by atoms with Crippen molar-refractivity contribution in [1.82, 2.24) is 5.23 Å². The summed E-state index contributed by atoms with van der Waals surface area (Å²) in [6, 6.07) is 11.0. The van der Waals surface area contributed by atoms with Crippen LogP contribution in [0.5, 0.6) is 0 Å². The Bertz CT molecular complexity index is 592. The first-order valence-electron chi connectivity index (χ1n) is 10.9. The number of hydrogen-bond donors (Lipinski definition) is 1. The summed E-state index contributed by atoms with van der Waals surface area (Å²) in [5.41, 5.74) is 2.17. The molecule has 1 N–H and O–H groups in total. The highest BCUT2D eigenvalue weighted by Gasteiger charge is 2.48. The van der Waals surface area contributed by atoms with Crippen LogP contribution in [0.1, 0.15) is 50.1 Å². The molecule has 2 fully saturated rings. The van der Waals surface area contributed by atoms with Gasteiger partial charge >= 0.3 is 0 Å². The molecule has 2 saturated heterocycles. The molecule has 0 saturated carbocycles. The Balaban J connectivity index is 1.97. The summed E-state index contributed by atoms with van der Waals surface area (Å²) in [6.07, 6.45) is 10.5. The number of hydrogen-bond acceptors (Lipinski definition) is 2. The molecule has 27 heavy (non-hydrogen) atoms. The van der Waals surface area contributed by atoms with Gasteiger partial charge in [0.2, 0.25) is 6.85 Å². The zero-order valence-electron chi connectivity index (χ0n) is 17.8. The number of rotatable bonds is 7. The van der Waals surface area contributed by atoms with E-state index in [-0.39, 0.29) is 12.1 Å². The molecule has 0 radical (unpaired) electrons. The second kappa shape index (κ2) is 9.11. The van der Waals surface area contributed by atoms with Crippen molar-refractivity contribution < 1.29 is 4.74 Å². The van der Waals surface area contributed by atoms with Crippen molar-refractivity contribution in [3.8, 4) is 0 Å². The minimum Gasteiger partial charge on any atom is -0.375 e. The predicted octanol–water partition coefficient (Wildman–Crippen LogP) is 6.11. The van der Waals surface area contributed by atoms with Gasteiger partial charge in [-0.3, -0.25) is 0 Å². The van der Waals surface area contributed by atoms with Gasteiger partial charge in [-0.05, 0) is 22.7 Å². The number of fused-ring (bicyclic) bond motifs is 3. The standard InChI is InChI=1S/C23H38BNOSi/c1-6-21(26-2)22(18-12-8-7-9-13-18)25-24-20-16-10-14-19(15-11-17-20)23(24)27(3,4)5/h6-9,12-13,19-23,25H,1,10-11,14-17H2,2-5H3/t19?,20?,21-,22-,23-/m0/s1. The molecule has 1 aromatic carbocycles. The van der Waals surface area contributed by atoms with Gasteiger partial charge in [-0.25, -0.2) is 0 Å². The van der Waals surface area contributed by atoms with Crippen LogP contribution >= 0.6 is 0 Å². The smallest absolute Gasteiger partial charge is 0.224 e. The molecule has 0 aliphatic carbocycles. The lowest BCUT2D eigenvalue weighted by Gasteiger charge is -2.41. The fourth-order valence-electron chi connectivity index (χ4n) is 5.98. The van der Waals surface area contributed by atoms with Crippen molar-refractivity contribution in [2.45, 2.75) is 81.6 Å². The summed E-state index contributed by atoms with van der Waals surface area (Å²) < 4.78 is 5.85. The Morgan fingerprint density at radius 2 is 1.74 bits per heavy atom. The van der Waals surface area contributed by atoms with E-state index in [0.717, 1.165) is 17.2 Å². The molecule has 3 rings (SSSR count). The molecular weight excluding hydrogens is 345 g/mol. The molecule has 2 heterocycles. The van der Waals surface area contributed by atoms with Crippen LogP contribution in [0.15, 0.2) is 43.0 Å². The van der Waals surface area contributed by atoms with Gasteiger partial charge < -0.3 is 9.96 Å². The third kappa shape index (κ3) is 4.78. The molecule has 0 amide bonds. The summed E-state index contributed by atoms with van der Waals surface area (Å²) in [6.45, 7) is 12.4. The average Bonchev–Trinajstić information content (AvgIpc) is 2.91. The van der Waals surface area contributed by atoms with Crippen LogP contribution in [0.2, 0.25) is 30.9 Å². The van der Waals surface area contributed by atoms with Gasteiger partial charge in [0.15, 0.2) is 0 Å². The number of ether oxygens (including phenoxy) is 1. The molecule has 4 heteroatoms. The van der Waals surface area contributed by atoms with E-state index in [1.54, 1.807) is 0 Å². The van der Waals surface area contributed by atoms with Crippen LogP contribution in [0, 0.1) is 5.92 Å². The van der Waals surface area contributed by atoms with E-state index in [4.69, 9.17) is 4.74 Å². The molecule has 2 bridgehead atoms. The third-order valence-electron chi connectivity index (χ3n) is 7.07. The monoisotopic (exact) mass is 383 g/mol. The van der Waals surface area contributed by atoms with Gasteiger partial charge in [0.05, 0.1) is 12.1 Å². The Kier molecular flexibility index (Phi) is 7.04. The molecule has 2 aliphatic rings. The van der Waals surface area contributed by atoms with Crippen LogP contribution in [-0.2, 0) is 4.74 Å². The van der Waals surface area contributed by atoms with Gasteiger partial charge in [0.25, 0.3) is 0 Å². The van der Waals surface area contributed by atoms with Crippen LogP contribution < -0.4 is 5.23 Å². The van der Waals surface area contributed by atoms with E-state index in [1.807, 2.05) is 13.2 Å². The minimum absolute atomic E-state index is 0.00205. The van der Waals surface area contributed by atoms with Gasteiger partial charge in [0, 0.05) is 15.2 Å². The summed E-state index contributed by atoms with van der Waals surface area (Å²) >= 11 is 0. The first-order chi connectivity index (χ1) is 13.0. The molecule has 1 aromatic rings. The number of nitrogens with one attached hydrogen (secondary N) is 1. The van der Waals surface area contributed by atoms with Crippen molar-refractivity contribution in [2.75, 3.05) is 7.11 Å². The van der Waals surface area contributed by atoms with Crippen molar-refractivity contribution in [2.24, 2.45) is 5.92 Å². The normalized spacial score (nSPS) is 28.3. The van der Waals surface area contributed by atoms with Crippen LogP contribution in [0.3, 0.4) is 0 Å². The van der Waals surface area contributed by atoms with E-state index in [2.05, 4.69) is 61.8 Å². The Morgan fingerprint density at radius 1 is 1.11 bits per heavy atom. The number of benzene rings is 1. The van der Waals surface area contributed by atoms with Gasteiger partial charge in [0.1, 0.15) is 0 Å². The lowest BCUT2D eigenvalue weighted by atomic mass is 9.46. The van der Waals surface area contributed by atoms with E-state index in [1.165, 1.54) is 44.1 Å². The fraction of sp³-hybridized carbons (Fsp3) is 0.652. The van der Waals surface area contributed by atoms with Crippen molar-refractivity contribution in [3.63, 3.8) is 0 Å². The zero-order chi connectivity index (χ0) is 19.4. The lowest BCUT2D eigenvalue weighted by Crippen LogP contribution is -2.54. The molecule has 148 valence electrons. The highest BCUT2D eigenvalue weighted by atomic mass is 28.3. The van der Waals surface area contributed by atoms with E-state index < -0.39 is 8.07 Å². The van der Waals surface area contributed by atoms with Crippen LogP contribution in [0.4, 0.5) is 0 Å². The molecule has 2 nitrogen and oxygen atoms in total. The fourth-order valence-corrected chi connectivity index (χ4v) is 9.17. The summed E-state index contributed by atoms with van der Waals surface area (Å²) in [5.74, 6) is 1.71. The van der Waals surface area contributed by atoms with Gasteiger partial charge in [-0.2, -0.15) is 0 Å². The maximum absolute atomic E-state index is 5.85. The van der Waals surface area contributed by atoms with E-state index in [9.17, 15) is 0 Å². The maximum Gasteiger partial charge on any atom is 0.224 e. The second-order valence-electron chi connectivity index (χ2n) is 9.79. The lowest BCUT2D eigenvalue weighted by molar-refractivity contribution is 0.113. The van der Waals surface area contributed by atoms with Gasteiger partial charge in [-0.15, -0.1) is 6.58 Å². The molecule has 3 atom stereocenters. The maximum atomic E-state index is 5.85. The largest absolute Gasteiger partial charge is 0.375 e. The molecular formula is C23H38BNOSi. The van der Waals surface area contributed by atoms with Crippen LogP contribution in [-0.4, -0.2) is 28.1 Å². The van der Waals surface area contributed by atoms with E-state index >= 15 is 0 Å². The zero-order valence-corrected chi connectivity index (χ0v) is 18.8. The highest BCUT2D eigenvalue weighted by Crippen LogP contribution is 2.50. The SMILES string of the molecule is C=C[C@H](OC)[C@@H](NB1C2CCCC(CCC2)[C@@H]1[Si](C)(C)C)c1ccccc1. The Morgan fingerprint density at radius 3 is 2.26 bits per heavy atom. The highest BCUT2D eigenvalue weighted by molar-refractivity contribution is 6.89. The first kappa shape index (κ1) is 20.9. The van der Waals surface area contributed by atoms with Crippen molar-refractivity contribution in [1.29, 1.82) is 0 Å². The summed E-state index contributed by atoms with van der Waals surface area (Å²) in [7, 11) is 0.521. The summed E-state index contributed by atoms with van der Waals surface area (Å²) in [5, 5.41) is 4.18. The first-order valence-corrected chi connectivity index (χ1v) is 14.5. The molecule has 0 spiro atoms. The molecule has 0 aromatic heterocycles. The molecule has 0 unspecified atom stereocenters. The minimum atomic E-state index is -1.29. The number of methoxy groups -OCH3 is 1. The third-order valence-corrected chi connectivity index (χ3v) is 9.90. The average molecular weight is 383 g/mol.